The Morgan fingerprint density at radius 1 is 1.70 bits per heavy atom. The first-order chi connectivity index (χ1) is 4.83. The highest BCUT2D eigenvalue weighted by molar-refractivity contribution is 7.10. The SMILES string of the molecule is COC=Cc1cc(F)cs1. The molecule has 1 nitrogen and oxygen atoms in total. The molecular formula is C7H7FOS. The first-order valence-electron chi connectivity index (χ1n) is 2.76. The van der Waals surface area contributed by atoms with Crippen molar-refractivity contribution < 1.29 is 9.13 Å². The predicted molar refractivity (Wildman–Crippen MR) is 40.3 cm³/mol. The summed E-state index contributed by atoms with van der Waals surface area (Å²) in [5.74, 6) is -0.194. The van der Waals surface area contributed by atoms with Gasteiger partial charge >= 0.3 is 0 Å². The van der Waals surface area contributed by atoms with Crippen LogP contribution >= 0.6 is 11.3 Å². The van der Waals surface area contributed by atoms with E-state index in [1.165, 1.54) is 29.0 Å². The van der Waals surface area contributed by atoms with Crippen molar-refractivity contribution in [3.8, 4) is 0 Å². The van der Waals surface area contributed by atoms with Crippen LogP contribution in [0.25, 0.3) is 6.08 Å². The van der Waals surface area contributed by atoms with E-state index in [9.17, 15) is 4.39 Å². The molecule has 54 valence electrons. The van der Waals surface area contributed by atoms with E-state index in [-0.39, 0.29) is 5.82 Å². The summed E-state index contributed by atoms with van der Waals surface area (Å²) < 4.78 is 16.9. The van der Waals surface area contributed by atoms with E-state index in [1.807, 2.05) is 0 Å². The zero-order valence-electron chi connectivity index (χ0n) is 5.50. The normalized spacial score (nSPS) is 10.6. The second kappa shape index (κ2) is 3.37. The Labute approximate surface area is 62.8 Å². The van der Waals surface area contributed by atoms with Gasteiger partial charge in [-0.05, 0) is 12.1 Å². The molecule has 0 N–H and O–H groups in total. The van der Waals surface area contributed by atoms with Crippen molar-refractivity contribution in [3.63, 3.8) is 0 Å². The van der Waals surface area contributed by atoms with Gasteiger partial charge in [0.15, 0.2) is 0 Å². The van der Waals surface area contributed by atoms with Crippen molar-refractivity contribution in [2.45, 2.75) is 0 Å². The molecule has 0 fully saturated rings. The molecule has 0 aliphatic rings. The van der Waals surface area contributed by atoms with Crippen molar-refractivity contribution in [2.75, 3.05) is 7.11 Å². The summed E-state index contributed by atoms with van der Waals surface area (Å²) >= 11 is 1.35. The maximum absolute atomic E-state index is 12.3. The van der Waals surface area contributed by atoms with Crippen LogP contribution in [-0.2, 0) is 4.74 Å². The molecule has 0 spiro atoms. The van der Waals surface area contributed by atoms with Crippen molar-refractivity contribution in [3.05, 3.63) is 28.4 Å². The Bertz CT molecular complexity index is 229. The van der Waals surface area contributed by atoms with E-state index in [1.54, 1.807) is 13.2 Å². The maximum Gasteiger partial charge on any atom is 0.134 e. The third-order valence-corrected chi connectivity index (χ3v) is 1.83. The molecule has 1 aromatic rings. The van der Waals surface area contributed by atoms with Gasteiger partial charge in [-0.2, -0.15) is 0 Å². The van der Waals surface area contributed by atoms with Gasteiger partial charge in [0.1, 0.15) is 5.82 Å². The van der Waals surface area contributed by atoms with Crippen LogP contribution in [-0.4, -0.2) is 7.11 Å². The fraction of sp³-hybridized carbons (Fsp3) is 0.143. The summed E-state index contributed by atoms with van der Waals surface area (Å²) in [7, 11) is 1.56. The second-order valence-corrected chi connectivity index (χ2v) is 2.65. The lowest BCUT2D eigenvalue weighted by Gasteiger charge is -1.83. The van der Waals surface area contributed by atoms with Gasteiger partial charge in [-0.1, -0.05) is 0 Å². The van der Waals surface area contributed by atoms with E-state index in [0.29, 0.717) is 0 Å². The molecule has 0 radical (unpaired) electrons. The summed E-state index contributed by atoms with van der Waals surface area (Å²) in [5, 5.41) is 1.45. The number of halogens is 1. The first-order valence-corrected chi connectivity index (χ1v) is 3.64. The molecule has 0 saturated carbocycles. The van der Waals surface area contributed by atoms with Gasteiger partial charge in [-0.25, -0.2) is 4.39 Å². The Kier molecular flexibility index (Phi) is 2.45. The van der Waals surface area contributed by atoms with E-state index in [4.69, 9.17) is 0 Å². The van der Waals surface area contributed by atoms with E-state index in [2.05, 4.69) is 4.74 Å². The Morgan fingerprint density at radius 2 is 2.50 bits per heavy atom. The first kappa shape index (κ1) is 7.28. The number of rotatable bonds is 2. The van der Waals surface area contributed by atoms with E-state index >= 15 is 0 Å². The van der Waals surface area contributed by atoms with Gasteiger partial charge in [-0.3, -0.25) is 0 Å². The van der Waals surface area contributed by atoms with E-state index in [0.717, 1.165) is 4.88 Å². The Balaban J connectivity index is 2.67. The highest BCUT2D eigenvalue weighted by atomic mass is 32.1. The number of methoxy groups -OCH3 is 1. The standard InChI is InChI=1S/C7H7FOS/c1-9-3-2-7-4-6(8)5-10-7/h2-5H,1H3. The van der Waals surface area contributed by atoms with Crippen LogP contribution in [0.15, 0.2) is 17.7 Å². The maximum atomic E-state index is 12.3. The molecule has 1 heterocycles. The van der Waals surface area contributed by atoms with Crippen molar-refractivity contribution in [1.29, 1.82) is 0 Å². The molecule has 1 aromatic heterocycles. The van der Waals surface area contributed by atoms with Crippen LogP contribution in [0.5, 0.6) is 0 Å². The quantitative estimate of drug-likeness (QED) is 0.601. The summed E-state index contributed by atoms with van der Waals surface area (Å²) in [6.45, 7) is 0. The number of hydrogen-bond acceptors (Lipinski definition) is 2. The molecule has 1 rings (SSSR count). The third-order valence-electron chi connectivity index (χ3n) is 0.956. The lowest BCUT2D eigenvalue weighted by Crippen LogP contribution is -1.63. The lowest BCUT2D eigenvalue weighted by atomic mass is 10.4. The minimum absolute atomic E-state index is 0.194. The molecule has 0 amide bonds. The van der Waals surface area contributed by atoms with Crippen LogP contribution < -0.4 is 0 Å². The van der Waals surface area contributed by atoms with Gasteiger partial charge in [0.05, 0.1) is 13.4 Å². The summed E-state index contributed by atoms with van der Waals surface area (Å²) in [6, 6.07) is 1.46. The molecule has 0 bridgehead atoms. The molecule has 0 aliphatic heterocycles. The van der Waals surface area contributed by atoms with Gasteiger partial charge < -0.3 is 4.74 Å². The van der Waals surface area contributed by atoms with Crippen LogP contribution in [0.2, 0.25) is 0 Å². The molecule has 0 aromatic carbocycles. The summed E-state index contributed by atoms with van der Waals surface area (Å²) in [6.07, 6.45) is 3.24. The fourth-order valence-electron chi connectivity index (χ4n) is 0.551. The van der Waals surface area contributed by atoms with Gasteiger partial charge in [-0.15, -0.1) is 11.3 Å². The Morgan fingerprint density at radius 3 is 3.00 bits per heavy atom. The van der Waals surface area contributed by atoms with Crippen LogP contribution in [0.4, 0.5) is 4.39 Å². The molecule has 0 saturated heterocycles. The van der Waals surface area contributed by atoms with Crippen LogP contribution in [0, 0.1) is 5.82 Å². The van der Waals surface area contributed by atoms with Gasteiger partial charge in [0.25, 0.3) is 0 Å². The van der Waals surface area contributed by atoms with Crippen molar-refractivity contribution in [2.24, 2.45) is 0 Å². The zero-order valence-corrected chi connectivity index (χ0v) is 6.32. The molecule has 10 heavy (non-hydrogen) atoms. The Hall–Kier alpha value is -0.830. The number of thiophene rings is 1. The monoisotopic (exact) mass is 158 g/mol. The molecule has 3 heteroatoms. The molecule has 0 unspecified atom stereocenters. The highest BCUT2D eigenvalue weighted by Crippen LogP contribution is 2.14. The predicted octanol–water partition coefficient (Wildman–Crippen LogP) is 2.50. The minimum Gasteiger partial charge on any atom is -0.504 e. The number of ether oxygens (including phenoxy) is 1. The largest absolute Gasteiger partial charge is 0.504 e. The van der Waals surface area contributed by atoms with Gasteiger partial charge in [0.2, 0.25) is 0 Å². The highest BCUT2D eigenvalue weighted by Gasteiger charge is 1.92. The van der Waals surface area contributed by atoms with Crippen LogP contribution in [0.3, 0.4) is 0 Å². The van der Waals surface area contributed by atoms with Gasteiger partial charge in [0, 0.05) is 10.3 Å². The lowest BCUT2D eigenvalue weighted by molar-refractivity contribution is 0.341. The average molecular weight is 158 g/mol. The molecule has 0 atom stereocenters. The second-order valence-electron chi connectivity index (χ2n) is 1.71. The van der Waals surface area contributed by atoms with Crippen molar-refractivity contribution >= 4 is 17.4 Å². The summed E-state index contributed by atoms with van der Waals surface area (Å²) in [4.78, 5) is 0.861. The fourth-order valence-corrected chi connectivity index (χ4v) is 1.18. The minimum atomic E-state index is -0.194. The summed E-state index contributed by atoms with van der Waals surface area (Å²) in [5.41, 5.74) is 0. The smallest absolute Gasteiger partial charge is 0.134 e. The topological polar surface area (TPSA) is 9.23 Å². The van der Waals surface area contributed by atoms with Crippen LogP contribution in [0.1, 0.15) is 4.88 Å². The molecular weight excluding hydrogens is 151 g/mol. The number of hydrogen-bond donors (Lipinski definition) is 0. The zero-order chi connectivity index (χ0) is 7.40. The average Bonchev–Trinajstić information content (AvgIpc) is 2.31. The van der Waals surface area contributed by atoms with E-state index < -0.39 is 0 Å². The molecule has 0 aliphatic carbocycles. The third kappa shape index (κ3) is 1.84. The van der Waals surface area contributed by atoms with Crippen molar-refractivity contribution in [1.82, 2.24) is 0 Å².